The van der Waals surface area contributed by atoms with Crippen LogP contribution in [0, 0.1) is 17.8 Å². The van der Waals surface area contributed by atoms with Crippen LogP contribution in [-0.4, -0.2) is 23.8 Å². The van der Waals surface area contributed by atoms with Crippen molar-refractivity contribution < 1.29 is 4.79 Å². The number of allylic oxidation sites excluding steroid dienone is 2. The first-order valence-electron chi connectivity index (χ1n) is 5.22. The van der Waals surface area contributed by atoms with E-state index in [0.717, 1.165) is 24.8 Å². The van der Waals surface area contributed by atoms with E-state index in [4.69, 9.17) is 0 Å². The summed E-state index contributed by atoms with van der Waals surface area (Å²) in [6.07, 6.45) is 4.50. The molecule has 4 aliphatic rings. The molecule has 3 aliphatic heterocycles. The number of Topliss-reactive ketones (excluding diaryl/α,β-unsaturated/α-hetero) is 1. The fourth-order valence-corrected chi connectivity index (χ4v) is 3.14. The summed E-state index contributed by atoms with van der Waals surface area (Å²) in [7, 11) is 0. The van der Waals surface area contributed by atoms with Gasteiger partial charge in [0.05, 0.1) is 0 Å². The van der Waals surface area contributed by atoms with Crippen molar-refractivity contribution in [3.8, 4) is 0 Å². The van der Waals surface area contributed by atoms with Gasteiger partial charge in [-0.3, -0.25) is 0 Å². The SMILES string of the molecule is CC(=O)C[C@@H]1CN2CCC1C1C=C12. The highest BCUT2D eigenvalue weighted by atomic mass is 16.1. The molecule has 0 aromatic rings. The van der Waals surface area contributed by atoms with Crippen LogP contribution < -0.4 is 0 Å². The van der Waals surface area contributed by atoms with Gasteiger partial charge in [0.25, 0.3) is 0 Å². The summed E-state index contributed by atoms with van der Waals surface area (Å²) >= 11 is 0. The van der Waals surface area contributed by atoms with Crippen molar-refractivity contribution in [3.63, 3.8) is 0 Å². The lowest BCUT2D eigenvalue weighted by Crippen LogP contribution is -2.45. The topological polar surface area (TPSA) is 20.3 Å². The monoisotopic (exact) mass is 177 g/mol. The Hall–Kier alpha value is -0.790. The Labute approximate surface area is 78.6 Å². The first-order valence-corrected chi connectivity index (χ1v) is 5.22. The second-order valence-electron chi connectivity index (χ2n) is 4.68. The van der Waals surface area contributed by atoms with Gasteiger partial charge in [0.2, 0.25) is 0 Å². The molecule has 3 fully saturated rings. The van der Waals surface area contributed by atoms with Crippen LogP contribution in [0.4, 0.5) is 0 Å². The van der Waals surface area contributed by atoms with E-state index in [-0.39, 0.29) is 0 Å². The largest absolute Gasteiger partial charge is 0.374 e. The summed E-state index contributed by atoms with van der Waals surface area (Å²) in [5, 5.41) is 0. The number of nitrogens with zero attached hydrogens (tertiary/aromatic N) is 1. The fraction of sp³-hybridized carbons (Fsp3) is 0.727. The molecule has 4 rings (SSSR count). The minimum Gasteiger partial charge on any atom is -0.374 e. The predicted molar refractivity (Wildman–Crippen MR) is 50.0 cm³/mol. The molecule has 2 unspecified atom stereocenters. The molecular weight excluding hydrogens is 162 g/mol. The molecule has 3 saturated heterocycles. The summed E-state index contributed by atoms with van der Waals surface area (Å²) in [4.78, 5) is 13.6. The molecular formula is C11H15NO. The van der Waals surface area contributed by atoms with Crippen LogP contribution >= 0.6 is 0 Å². The molecule has 2 bridgehead atoms. The Balaban J connectivity index is 1.75. The van der Waals surface area contributed by atoms with Gasteiger partial charge in [0.15, 0.2) is 0 Å². The lowest BCUT2D eigenvalue weighted by molar-refractivity contribution is -0.119. The zero-order valence-electron chi connectivity index (χ0n) is 7.99. The number of hydrogen-bond acceptors (Lipinski definition) is 2. The predicted octanol–water partition coefficient (Wildman–Crippen LogP) is 1.43. The van der Waals surface area contributed by atoms with E-state index < -0.39 is 0 Å². The lowest BCUT2D eigenvalue weighted by atomic mass is 9.75. The zero-order valence-corrected chi connectivity index (χ0v) is 7.99. The van der Waals surface area contributed by atoms with Gasteiger partial charge in [0.1, 0.15) is 5.78 Å². The molecule has 0 spiro atoms. The van der Waals surface area contributed by atoms with Gasteiger partial charge in [-0.05, 0) is 25.2 Å². The van der Waals surface area contributed by atoms with Gasteiger partial charge in [0, 0.05) is 31.1 Å². The second-order valence-corrected chi connectivity index (χ2v) is 4.68. The number of fused-ring (bicyclic) bond motifs is 2. The Morgan fingerprint density at radius 3 is 3.23 bits per heavy atom. The highest BCUT2D eigenvalue weighted by molar-refractivity contribution is 5.75. The first kappa shape index (κ1) is 7.60. The van der Waals surface area contributed by atoms with Crippen molar-refractivity contribution in [2.75, 3.05) is 13.1 Å². The number of piperidine rings is 3. The molecule has 2 nitrogen and oxygen atoms in total. The van der Waals surface area contributed by atoms with Crippen LogP contribution in [0.2, 0.25) is 0 Å². The lowest BCUT2D eigenvalue weighted by Gasteiger charge is -2.44. The zero-order chi connectivity index (χ0) is 9.00. The molecule has 0 N–H and O–H groups in total. The van der Waals surface area contributed by atoms with Crippen molar-refractivity contribution in [2.24, 2.45) is 17.8 Å². The molecule has 2 heteroatoms. The molecule has 0 aromatic heterocycles. The third kappa shape index (κ3) is 1.04. The quantitative estimate of drug-likeness (QED) is 0.636. The minimum atomic E-state index is 0.362. The van der Waals surface area contributed by atoms with E-state index in [1.165, 1.54) is 13.0 Å². The van der Waals surface area contributed by atoms with Crippen molar-refractivity contribution >= 4 is 5.78 Å². The van der Waals surface area contributed by atoms with Crippen LogP contribution in [-0.2, 0) is 4.79 Å². The first-order chi connectivity index (χ1) is 6.25. The summed E-state index contributed by atoms with van der Waals surface area (Å²) in [6, 6.07) is 0. The van der Waals surface area contributed by atoms with Crippen molar-refractivity contribution in [3.05, 3.63) is 11.8 Å². The molecule has 70 valence electrons. The van der Waals surface area contributed by atoms with Crippen LogP contribution in [0.15, 0.2) is 11.8 Å². The number of carbonyl (C=O) groups excluding carboxylic acids is 1. The molecule has 0 amide bonds. The average molecular weight is 177 g/mol. The number of carbonyl (C=O) groups is 1. The molecule has 13 heavy (non-hydrogen) atoms. The maximum atomic E-state index is 11.1. The summed E-state index contributed by atoms with van der Waals surface area (Å²) in [5.41, 5.74) is 1.58. The van der Waals surface area contributed by atoms with Crippen LogP contribution in [0.25, 0.3) is 0 Å². The van der Waals surface area contributed by atoms with E-state index >= 15 is 0 Å². The highest BCUT2D eigenvalue weighted by Crippen LogP contribution is 2.52. The Morgan fingerprint density at radius 1 is 1.69 bits per heavy atom. The molecule has 0 aromatic carbocycles. The van der Waals surface area contributed by atoms with Gasteiger partial charge in [-0.25, -0.2) is 0 Å². The minimum absolute atomic E-state index is 0.362. The summed E-state index contributed by atoms with van der Waals surface area (Å²) in [6.45, 7) is 4.10. The van der Waals surface area contributed by atoms with Gasteiger partial charge in [-0.1, -0.05) is 6.08 Å². The standard InChI is InChI=1S/C11H15NO/c1-7(13)4-8-6-12-3-2-9(8)10-5-11(10)12/h5,8-10H,2-4,6H2,1H3/t8-,9?,10?/m1/s1. The normalized spacial score (nSPS) is 39.9. The summed E-state index contributed by atoms with van der Waals surface area (Å²) in [5.74, 6) is 2.59. The fourth-order valence-electron chi connectivity index (χ4n) is 3.14. The average Bonchev–Trinajstić information content (AvgIpc) is 2.83. The van der Waals surface area contributed by atoms with Crippen molar-refractivity contribution in [2.45, 2.75) is 19.8 Å². The van der Waals surface area contributed by atoms with E-state index in [0.29, 0.717) is 11.7 Å². The Morgan fingerprint density at radius 2 is 2.54 bits per heavy atom. The molecule has 0 radical (unpaired) electrons. The maximum Gasteiger partial charge on any atom is 0.130 e. The van der Waals surface area contributed by atoms with E-state index in [1.54, 1.807) is 12.6 Å². The Bertz CT molecular complexity index is 294. The Kier molecular flexibility index (Phi) is 1.38. The second kappa shape index (κ2) is 2.37. The van der Waals surface area contributed by atoms with Gasteiger partial charge in [-0.15, -0.1) is 0 Å². The molecule has 1 aliphatic carbocycles. The van der Waals surface area contributed by atoms with Gasteiger partial charge >= 0.3 is 0 Å². The van der Waals surface area contributed by atoms with E-state index in [9.17, 15) is 4.79 Å². The smallest absolute Gasteiger partial charge is 0.130 e. The third-order valence-corrected chi connectivity index (χ3v) is 3.75. The van der Waals surface area contributed by atoms with Crippen molar-refractivity contribution in [1.29, 1.82) is 0 Å². The van der Waals surface area contributed by atoms with Crippen LogP contribution in [0.5, 0.6) is 0 Å². The van der Waals surface area contributed by atoms with Crippen LogP contribution in [0.3, 0.4) is 0 Å². The van der Waals surface area contributed by atoms with Crippen LogP contribution in [0.1, 0.15) is 19.8 Å². The van der Waals surface area contributed by atoms with E-state index in [2.05, 4.69) is 11.0 Å². The number of hydrogen-bond donors (Lipinski definition) is 0. The number of ketones is 1. The van der Waals surface area contributed by atoms with E-state index in [1.807, 2.05) is 0 Å². The van der Waals surface area contributed by atoms with Gasteiger partial charge in [-0.2, -0.15) is 0 Å². The highest BCUT2D eigenvalue weighted by Gasteiger charge is 2.49. The van der Waals surface area contributed by atoms with Gasteiger partial charge < -0.3 is 9.69 Å². The van der Waals surface area contributed by atoms with Crippen molar-refractivity contribution in [1.82, 2.24) is 4.90 Å². The molecule has 3 heterocycles. The third-order valence-electron chi connectivity index (χ3n) is 3.75. The number of rotatable bonds is 2. The summed E-state index contributed by atoms with van der Waals surface area (Å²) < 4.78 is 0. The maximum absolute atomic E-state index is 11.1. The molecule has 3 atom stereocenters. The molecule has 0 saturated carbocycles.